The Kier molecular flexibility index (Phi) is 3.41. The van der Waals surface area contributed by atoms with E-state index >= 15 is 0 Å². The number of anilines is 1. The standard InChI is InChI=1S/C13H21N5/c1-9(2)18-8-13(11(4)16-18)14-7-12-6-10(3)15-17(12)5/h6,8-9,14H,7H2,1-5H3. The van der Waals surface area contributed by atoms with Crippen LogP contribution in [-0.2, 0) is 13.6 Å². The van der Waals surface area contributed by atoms with Gasteiger partial charge in [0.05, 0.1) is 29.3 Å². The summed E-state index contributed by atoms with van der Waals surface area (Å²) < 4.78 is 3.89. The lowest BCUT2D eigenvalue weighted by molar-refractivity contribution is 0.529. The predicted octanol–water partition coefficient (Wildman–Crippen LogP) is 2.43. The molecule has 5 nitrogen and oxygen atoms in total. The third-order valence-corrected chi connectivity index (χ3v) is 3.00. The number of aromatic nitrogens is 4. The molecule has 0 atom stereocenters. The smallest absolute Gasteiger partial charge is 0.0825 e. The van der Waals surface area contributed by atoms with Crippen molar-refractivity contribution in [2.24, 2.45) is 7.05 Å². The van der Waals surface area contributed by atoms with Crippen LogP contribution >= 0.6 is 0 Å². The van der Waals surface area contributed by atoms with E-state index in [1.807, 2.05) is 30.3 Å². The molecule has 2 rings (SSSR count). The van der Waals surface area contributed by atoms with Crippen molar-refractivity contribution in [3.8, 4) is 0 Å². The number of hydrogen-bond donors (Lipinski definition) is 1. The van der Waals surface area contributed by atoms with Crippen LogP contribution in [-0.4, -0.2) is 19.6 Å². The fourth-order valence-electron chi connectivity index (χ4n) is 1.94. The van der Waals surface area contributed by atoms with Gasteiger partial charge in [-0.25, -0.2) is 0 Å². The van der Waals surface area contributed by atoms with E-state index in [-0.39, 0.29) is 0 Å². The molecule has 0 radical (unpaired) electrons. The third-order valence-electron chi connectivity index (χ3n) is 3.00. The molecule has 0 aliphatic heterocycles. The van der Waals surface area contributed by atoms with E-state index in [1.54, 1.807) is 0 Å². The Balaban J connectivity index is 2.08. The largest absolute Gasteiger partial charge is 0.377 e. The molecule has 2 aromatic rings. The second kappa shape index (κ2) is 4.84. The highest BCUT2D eigenvalue weighted by Crippen LogP contribution is 2.16. The van der Waals surface area contributed by atoms with Gasteiger partial charge in [0.1, 0.15) is 0 Å². The van der Waals surface area contributed by atoms with Crippen LogP contribution in [0.25, 0.3) is 0 Å². The molecule has 0 saturated carbocycles. The molecule has 2 aromatic heterocycles. The SMILES string of the molecule is Cc1cc(CNc2cn(C(C)C)nc2C)n(C)n1. The lowest BCUT2D eigenvalue weighted by Gasteiger charge is -2.05. The Bertz CT molecular complexity index is 536. The topological polar surface area (TPSA) is 47.7 Å². The van der Waals surface area contributed by atoms with Crippen LogP contribution in [0.1, 0.15) is 37.0 Å². The molecule has 0 saturated heterocycles. The maximum absolute atomic E-state index is 4.48. The van der Waals surface area contributed by atoms with Gasteiger partial charge in [0.2, 0.25) is 0 Å². The number of nitrogens with zero attached hydrogens (tertiary/aromatic N) is 4. The Hall–Kier alpha value is -1.78. The molecule has 0 bridgehead atoms. The second-order valence-corrected chi connectivity index (χ2v) is 4.96. The minimum atomic E-state index is 0.387. The molecule has 0 spiro atoms. The molecule has 0 aromatic carbocycles. The predicted molar refractivity (Wildman–Crippen MR) is 72.6 cm³/mol. The number of nitrogens with one attached hydrogen (secondary N) is 1. The normalized spacial score (nSPS) is 11.2. The van der Waals surface area contributed by atoms with Crippen LogP contribution < -0.4 is 5.32 Å². The average molecular weight is 247 g/mol. The molecule has 2 heterocycles. The van der Waals surface area contributed by atoms with E-state index in [1.165, 1.54) is 5.69 Å². The van der Waals surface area contributed by atoms with Gasteiger partial charge in [-0.05, 0) is 33.8 Å². The van der Waals surface area contributed by atoms with Gasteiger partial charge < -0.3 is 5.32 Å². The quantitative estimate of drug-likeness (QED) is 0.902. The first kappa shape index (κ1) is 12.7. The molecule has 1 N–H and O–H groups in total. The molecular formula is C13H21N5. The highest BCUT2D eigenvalue weighted by atomic mass is 15.3. The van der Waals surface area contributed by atoms with Gasteiger partial charge in [0.15, 0.2) is 0 Å². The van der Waals surface area contributed by atoms with Crippen molar-refractivity contribution >= 4 is 5.69 Å². The summed E-state index contributed by atoms with van der Waals surface area (Å²) in [6, 6.07) is 2.48. The molecule has 0 aliphatic carbocycles. The van der Waals surface area contributed by atoms with Crippen LogP contribution in [0, 0.1) is 13.8 Å². The van der Waals surface area contributed by atoms with Gasteiger partial charge >= 0.3 is 0 Å². The summed E-state index contributed by atoms with van der Waals surface area (Å²) in [5.41, 5.74) is 4.33. The minimum Gasteiger partial charge on any atom is -0.377 e. The molecule has 0 unspecified atom stereocenters. The molecular weight excluding hydrogens is 226 g/mol. The van der Waals surface area contributed by atoms with E-state index in [4.69, 9.17) is 0 Å². The van der Waals surface area contributed by atoms with Crippen molar-refractivity contribution < 1.29 is 0 Å². The fraction of sp³-hybridized carbons (Fsp3) is 0.538. The Morgan fingerprint density at radius 1 is 1.28 bits per heavy atom. The van der Waals surface area contributed by atoms with Gasteiger partial charge in [0, 0.05) is 19.3 Å². The van der Waals surface area contributed by atoms with Gasteiger partial charge in [-0.1, -0.05) is 0 Å². The zero-order chi connectivity index (χ0) is 13.3. The van der Waals surface area contributed by atoms with E-state index < -0.39 is 0 Å². The summed E-state index contributed by atoms with van der Waals surface area (Å²) in [5.74, 6) is 0. The fourth-order valence-corrected chi connectivity index (χ4v) is 1.94. The van der Waals surface area contributed by atoms with Crippen LogP contribution in [0.3, 0.4) is 0 Å². The van der Waals surface area contributed by atoms with E-state index in [0.29, 0.717) is 6.04 Å². The molecule has 5 heteroatoms. The zero-order valence-corrected chi connectivity index (χ0v) is 11.7. The van der Waals surface area contributed by atoms with Crippen LogP contribution in [0.5, 0.6) is 0 Å². The van der Waals surface area contributed by atoms with Crippen molar-refractivity contribution in [1.29, 1.82) is 0 Å². The monoisotopic (exact) mass is 247 g/mol. The summed E-state index contributed by atoms with van der Waals surface area (Å²) in [6.07, 6.45) is 2.06. The van der Waals surface area contributed by atoms with E-state index in [9.17, 15) is 0 Å². The first-order valence-corrected chi connectivity index (χ1v) is 6.26. The molecule has 0 fully saturated rings. The molecule has 0 aliphatic rings. The van der Waals surface area contributed by atoms with Crippen LogP contribution in [0.2, 0.25) is 0 Å². The summed E-state index contributed by atoms with van der Waals surface area (Å²) in [7, 11) is 1.97. The summed E-state index contributed by atoms with van der Waals surface area (Å²) >= 11 is 0. The minimum absolute atomic E-state index is 0.387. The summed E-state index contributed by atoms with van der Waals surface area (Å²) in [6.45, 7) is 9.05. The van der Waals surface area contributed by atoms with Gasteiger partial charge in [-0.2, -0.15) is 10.2 Å². The van der Waals surface area contributed by atoms with E-state index in [0.717, 1.165) is 23.6 Å². The van der Waals surface area contributed by atoms with Crippen molar-refractivity contribution in [3.05, 3.63) is 29.3 Å². The number of hydrogen-bond acceptors (Lipinski definition) is 3. The molecule has 98 valence electrons. The van der Waals surface area contributed by atoms with Crippen LogP contribution in [0.15, 0.2) is 12.3 Å². The van der Waals surface area contributed by atoms with E-state index in [2.05, 4.69) is 41.6 Å². The van der Waals surface area contributed by atoms with Crippen molar-refractivity contribution in [2.75, 3.05) is 5.32 Å². The lowest BCUT2D eigenvalue weighted by Crippen LogP contribution is -2.05. The Labute approximate surface area is 108 Å². The number of rotatable bonds is 4. The summed E-state index contributed by atoms with van der Waals surface area (Å²) in [4.78, 5) is 0. The second-order valence-electron chi connectivity index (χ2n) is 4.96. The molecule has 0 amide bonds. The Morgan fingerprint density at radius 2 is 2.00 bits per heavy atom. The maximum Gasteiger partial charge on any atom is 0.0825 e. The Morgan fingerprint density at radius 3 is 2.50 bits per heavy atom. The highest BCUT2D eigenvalue weighted by Gasteiger charge is 2.08. The first-order chi connectivity index (χ1) is 8.47. The lowest BCUT2D eigenvalue weighted by atomic mass is 10.3. The average Bonchev–Trinajstić information content (AvgIpc) is 2.79. The third kappa shape index (κ3) is 2.55. The summed E-state index contributed by atoms with van der Waals surface area (Å²) in [5, 5.41) is 12.2. The first-order valence-electron chi connectivity index (χ1n) is 6.26. The van der Waals surface area contributed by atoms with Crippen molar-refractivity contribution in [1.82, 2.24) is 19.6 Å². The zero-order valence-electron chi connectivity index (χ0n) is 11.7. The van der Waals surface area contributed by atoms with Crippen molar-refractivity contribution in [3.63, 3.8) is 0 Å². The highest BCUT2D eigenvalue weighted by molar-refractivity contribution is 5.45. The van der Waals surface area contributed by atoms with Crippen molar-refractivity contribution in [2.45, 2.75) is 40.3 Å². The van der Waals surface area contributed by atoms with Gasteiger partial charge in [-0.3, -0.25) is 9.36 Å². The van der Waals surface area contributed by atoms with Gasteiger partial charge in [-0.15, -0.1) is 0 Å². The molecule has 18 heavy (non-hydrogen) atoms. The maximum atomic E-state index is 4.48. The van der Waals surface area contributed by atoms with Gasteiger partial charge in [0.25, 0.3) is 0 Å². The number of aryl methyl sites for hydroxylation is 3. The van der Waals surface area contributed by atoms with Crippen LogP contribution in [0.4, 0.5) is 5.69 Å².